The Labute approximate surface area is 122 Å². The van der Waals surface area contributed by atoms with Crippen LogP contribution >= 0.6 is 0 Å². The smallest absolute Gasteiger partial charge is 0.221 e. The molecule has 6 nitrogen and oxygen atoms in total. The fraction of sp³-hybridized carbons (Fsp3) is 0.0714. The molecule has 0 aliphatic carbocycles. The molecule has 3 aromatic rings. The monoisotopic (exact) mass is 298 g/mol. The summed E-state index contributed by atoms with van der Waals surface area (Å²) in [5.41, 5.74) is 6.69. The second kappa shape index (κ2) is 5.00. The van der Waals surface area contributed by atoms with E-state index in [2.05, 4.69) is 9.97 Å². The molecule has 1 unspecified atom stereocenters. The molecule has 2 aromatic heterocycles. The predicted octanol–water partition coefficient (Wildman–Crippen LogP) is 2.08. The van der Waals surface area contributed by atoms with E-state index in [4.69, 9.17) is 10.2 Å². The molecule has 0 spiro atoms. The van der Waals surface area contributed by atoms with Crippen molar-refractivity contribution in [3.63, 3.8) is 0 Å². The number of nitrogens with two attached hydrogens (primary N) is 1. The fourth-order valence-electron chi connectivity index (χ4n) is 2.04. The average Bonchev–Trinajstić information content (AvgIpc) is 2.90. The molecule has 0 fully saturated rings. The van der Waals surface area contributed by atoms with Crippen LogP contribution < -0.4 is 5.73 Å². The van der Waals surface area contributed by atoms with Gasteiger partial charge in [0.25, 0.3) is 0 Å². The van der Waals surface area contributed by atoms with Crippen LogP contribution in [0.1, 0.15) is 5.56 Å². The number of hydrogen-bond donors (Lipinski definition) is 1. The van der Waals surface area contributed by atoms with Gasteiger partial charge in [0.2, 0.25) is 5.95 Å². The summed E-state index contributed by atoms with van der Waals surface area (Å²) < 4.78 is 17.4. The van der Waals surface area contributed by atoms with Gasteiger partial charge in [-0.1, -0.05) is 18.2 Å². The fourth-order valence-corrected chi connectivity index (χ4v) is 2.69. The third kappa shape index (κ3) is 2.26. The van der Waals surface area contributed by atoms with E-state index in [9.17, 15) is 9.47 Å². The first-order valence-electron chi connectivity index (χ1n) is 6.00. The van der Waals surface area contributed by atoms with Crippen LogP contribution in [0.3, 0.4) is 0 Å². The zero-order valence-corrected chi connectivity index (χ0v) is 11.8. The van der Waals surface area contributed by atoms with Crippen molar-refractivity contribution < 1.29 is 8.63 Å². The molecule has 2 heterocycles. The SMILES string of the molecule is CS(=O)c1nc(N)nc(-c2cc3ccccc3o2)c1C#N. The molecule has 104 valence electrons. The molecule has 3 rings (SSSR count). The van der Waals surface area contributed by atoms with Gasteiger partial charge in [0.05, 0.1) is 10.8 Å². The molecule has 0 saturated heterocycles. The lowest BCUT2D eigenvalue weighted by molar-refractivity contribution is 0.627. The number of furan rings is 1. The normalized spacial score (nSPS) is 12.2. The van der Waals surface area contributed by atoms with Crippen LogP contribution in [-0.4, -0.2) is 20.4 Å². The number of rotatable bonds is 2. The number of benzene rings is 1. The lowest BCUT2D eigenvalue weighted by atomic mass is 10.2. The van der Waals surface area contributed by atoms with Crippen molar-refractivity contribution in [2.45, 2.75) is 5.03 Å². The van der Waals surface area contributed by atoms with E-state index in [0.717, 1.165) is 5.39 Å². The van der Waals surface area contributed by atoms with Crippen LogP contribution in [0.5, 0.6) is 0 Å². The molecule has 0 radical (unpaired) electrons. The van der Waals surface area contributed by atoms with Crippen LogP contribution in [0.15, 0.2) is 39.8 Å². The molecule has 0 saturated carbocycles. The van der Waals surface area contributed by atoms with Crippen molar-refractivity contribution in [1.29, 1.82) is 5.26 Å². The van der Waals surface area contributed by atoms with E-state index in [1.807, 2.05) is 30.3 Å². The van der Waals surface area contributed by atoms with Crippen molar-refractivity contribution >= 4 is 27.7 Å². The summed E-state index contributed by atoms with van der Waals surface area (Å²) in [6, 6.07) is 11.2. The first kappa shape index (κ1) is 13.3. The Balaban J connectivity index is 2.31. The molecular formula is C14H10N4O2S. The third-order valence-corrected chi connectivity index (χ3v) is 3.78. The number of aromatic nitrogens is 2. The number of nitrogens with zero attached hydrogens (tertiary/aromatic N) is 3. The number of anilines is 1. The van der Waals surface area contributed by atoms with Crippen molar-refractivity contribution in [1.82, 2.24) is 9.97 Å². The highest BCUT2D eigenvalue weighted by molar-refractivity contribution is 7.84. The highest BCUT2D eigenvalue weighted by atomic mass is 32.2. The molecule has 21 heavy (non-hydrogen) atoms. The Morgan fingerprint density at radius 2 is 2.10 bits per heavy atom. The van der Waals surface area contributed by atoms with Crippen LogP contribution in [0.2, 0.25) is 0 Å². The van der Waals surface area contributed by atoms with E-state index >= 15 is 0 Å². The van der Waals surface area contributed by atoms with Crippen molar-refractivity contribution in [3.05, 3.63) is 35.9 Å². The number of nitrogen functional groups attached to an aromatic ring is 1. The summed E-state index contributed by atoms with van der Waals surface area (Å²) in [4.78, 5) is 7.95. The van der Waals surface area contributed by atoms with Crippen LogP contribution in [0.25, 0.3) is 22.4 Å². The maximum absolute atomic E-state index is 11.7. The summed E-state index contributed by atoms with van der Waals surface area (Å²) >= 11 is 0. The zero-order chi connectivity index (χ0) is 15.0. The Hall–Kier alpha value is -2.72. The van der Waals surface area contributed by atoms with Gasteiger partial charge in [-0.25, -0.2) is 9.97 Å². The Bertz CT molecular complexity index is 878. The molecule has 2 N–H and O–H groups in total. The van der Waals surface area contributed by atoms with Gasteiger partial charge >= 0.3 is 0 Å². The van der Waals surface area contributed by atoms with Crippen LogP contribution in [0.4, 0.5) is 5.95 Å². The van der Waals surface area contributed by atoms with Crippen molar-refractivity contribution in [3.8, 4) is 17.5 Å². The number of nitriles is 1. The summed E-state index contributed by atoms with van der Waals surface area (Å²) in [6.45, 7) is 0. The van der Waals surface area contributed by atoms with Gasteiger partial charge in [-0.15, -0.1) is 0 Å². The van der Waals surface area contributed by atoms with Crippen molar-refractivity contribution in [2.24, 2.45) is 0 Å². The van der Waals surface area contributed by atoms with Gasteiger partial charge in [-0.3, -0.25) is 4.21 Å². The van der Waals surface area contributed by atoms with E-state index < -0.39 is 10.8 Å². The molecule has 1 atom stereocenters. The summed E-state index contributed by atoms with van der Waals surface area (Å²) in [6.07, 6.45) is 1.44. The second-order valence-corrected chi connectivity index (χ2v) is 5.62. The van der Waals surface area contributed by atoms with E-state index in [-0.39, 0.29) is 22.2 Å². The Morgan fingerprint density at radius 3 is 2.76 bits per heavy atom. The molecular weight excluding hydrogens is 288 g/mol. The van der Waals surface area contributed by atoms with Gasteiger partial charge in [0.1, 0.15) is 22.9 Å². The lowest BCUT2D eigenvalue weighted by Crippen LogP contribution is -2.06. The lowest BCUT2D eigenvalue weighted by Gasteiger charge is -2.05. The number of fused-ring (bicyclic) bond motifs is 1. The van der Waals surface area contributed by atoms with Gasteiger partial charge < -0.3 is 10.2 Å². The van der Waals surface area contributed by atoms with Gasteiger partial charge in [-0.05, 0) is 12.1 Å². The predicted molar refractivity (Wildman–Crippen MR) is 78.7 cm³/mol. The molecule has 0 aliphatic heterocycles. The second-order valence-electron chi connectivity index (χ2n) is 4.32. The molecule has 0 aliphatic rings. The van der Waals surface area contributed by atoms with Crippen LogP contribution in [-0.2, 0) is 10.8 Å². The largest absolute Gasteiger partial charge is 0.454 e. The average molecular weight is 298 g/mol. The standard InChI is InChI=1S/C14H10N4O2S/c1-21(19)13-9(7-15)12(17-14(16)18-13)11-6-8-4-2-3-5-10(8)20-11/h2-6H,1H3,(H2,16,17,18). The van der Waals surface area contributed by atoms with Gasteiger partial charge in [-0.2, -0.15) is 5.26 Å². The van der Waals surface area contributed by atoms with Crippen LogP contribution in [0, 0.1) is 11.3 Å². The van der Waals surface area contributed by atoms with Gasteiger partial charge in [0, 0.05) is 11.6 Å². The molecule has 7 heteroatoms. The maximum Gasteiger partial charge on any atom is 0.221 e. The zero-order valence-electron chi connectivity index (χ0n) is 11.0. The molecule has 1 aromatic carbocycles. The summed E-state index contributed by atoms with van der Waals surface area (Å²) in [5.74, 6) is 0.350. The molecule has 0 bridgehead atoms. The van der Waals surface area contributed by atoms with E-state index in [1.54, 1.807) is 6.07 Å². The minimum Gasteiger partial charge on any atom is -0.454 e. The maximum atomic E-state index is 11.7. The minimum absolute atomic E-state index is 0.0466. The highest BCUT2D eigenvalue weighted by Gasteiger charge is 2.20. The minimum atomic E-state index is -1.45. The summed E-state index contributed by atoms with van der Waals surface area (Å²) in [7, 11) is -1.45. The van der Waals surface area contributed by atoms with E-state index in [1.165, 1.54) is 6.26 Å². The first-order valence-corrected chi connectivity index (χ1v) is 7.56. The highest BCUT2D eigenvalue weighted by Crippen LogP contribution is 2.30. The summed E-state index contributed by atoms with van der Waals surface area (Å²) in [5, 5.41) is 10.3. The molecule has 0 amide bonds. The van der Waals surface area contributed by atoms with Gasteiger partial charge in [0.15, 0.2) is 10.8 Å². The Kier molecular flexibility index (Phi) is 3.16. The van der Waals surface area contributed by atoms with E-state index in [0.29, 0.717) is 11.3 Å². The van der Waals surface area contributed by atoms with Crippen molar-refractivity contribution in [2.75, 3.05) is 12.0 Å². The Morgan fingerprint density at radius 1 is 1.33 bits per heavy atom. The third-order valence-electron chi connectivity index (χ3n) is 2.94. The number of para-hydroxylation sites is 1. The first-order chi connectivity index (χ1) is 10.1. The number of hydrogen-bond acceptors (Lipinski definition) is 6. The quantitative estimate of drug-likeness (QED) is 0.726. The topological polar surface area (TPSA) is 106 Å².